The van der Waals surface area contributed by atoms with E-state index in [4.69, 9.17) is 0 Å². The molecule has 1 heteroatoms. The van der Waals surface area contributed by atoms with Gasteiger partial charge in [0.15, 0.2) is 0 Å². The van der Waals surface area contributed by atoms with Crippen molar-refractivity contribution in [2.45, 2.75) is 83.2 Å². The molecule has 3 saturated carbocycles. The molecular formula is C25H33F. The summed E-state index contributed by atoms with van der Waals surface area (Å²) in [6.45, 7) is 4.63. The fraction of sp³-hybridized carbons (Fsp3) is 0.600. The van der Waals surface area contributed by atoms with Crippen LogP contribution in [0, 0.1) is 10.8 Å². The number of benzene rings is 1. The van der Waals surface area contributed by atoms with Crippen LogP contribution in [0.4, 0.5) is 4.39 Å². The van der Waals surface area contributed by atoms with Crippen molar-refractivity contribution in [2.24, 2.45) is 10.8 Å². The summed E-state index contributed by atoms with van der Waals surface area (Å²) in [7, 11) is 0. The topological polar surface area (TPSA) is 0 Å². The van der Waals surface area contributed by atoms with Crippen LogP contribution in [0.2, 0.25) is 0 Å². The van der Waals surface area contributed by atoms with Gasteiger partial charge in [0.05, 0.1) is 0 Å². The van der Waals surface area contributed by atoms with E-state index in [9.17, 15) is 0 Å². The number of aryl methyl sites for hydroxylation is 1. The minimum absolute atomic E-state index is 0.143. The summed E-state index contributed by atoms with van der Waals surface area (Å²) in [5.74, 6) is -0.143. The molecule has 0 N–H and O–H groups in total. The van der Waals surface area contributed by atoms with E-state index in [1.54, 1.807) is 0 Å². The Bertz CT molecular complexity index is 671. The van der Waals surface area contributed by atoms with Crippen molar-refractivity contribution in [3.05, 3.63) is 59.7 Å². The SMILES string of the molecule is CCCCc1ccc(C2C=CC=CC2(F)C23CCC(C)(CC2)CC3)cc1. The van der Waals surface area contributed by atoms with Crippen molar-refractivity contribution < 1.29 is 4.39 Å². The second-order valence-electron chi connectivity index (χ2n) is 9.43. The molecule has 5 rings (SSSR count). The largest absolute Gasteiger partial charge is 0.238 e. The molecule has 0 amide bonds. The highest BCUT2D eigenvalue weighted by Gasteiger charge is 2.60. The Hall–Kier alpha value is -1.37. The standard InChI is InChI=1S/C25H33F/c1-3-4-7-20-9-11-21(12-10-20)22-8-5-6-13-25(22,26)24-17-14-23(2,15-18-24)16-19-24/h5-6,8-13,22H,3-4,7,14-19H2,1-2H3. The van der Waals surface area contributed by atoms with Crippen molar-refractivity contribution in [1.82, 2.24) is 0 Å². The molecule has 0 radical (unpaired) electrons. The zero-order chi connectivity index (χ0) is 18.3. The van der Waals surface area contributed by atoms with Crippen LogP contribution in [0.5, 0.6) is 0 Å². The molecule has 0 aliphatic heterocycles. The smallest absolute Gasteiger partial charge is 0.145 e. The van der Waals surface area contributed by atoms with Gasteiger partial charge in [-0.1, -0.05) is 62.8 Å². The molecule has 0 spiro atoms. The van der Waals surface area contributed by atoms with E-state index in [2.05, 4.69) is 44.2 Å². The highest BCUT2D eigenvalue weighted by Crippen LogP contribution is 2.65. The summed E-state index contributed by atoms with van der Waals surface area (Å²) in [6, 6.07) is 8.79. The van der Waals surface area contributed by atoms with Gasteiger partial charge in [-0.25, -0.2) is 4.39 Å². The van der Waals surface area contributed by atoms with Gasteiger partial charge in [0.2, 0.25) is 0 Å². The summed E-state index contributed by atoms with van der Waals surface area (Å²) >= 11 is 0. The number of hydrogen-bond donors (Lipinski definition) is 0. The molecule has 0 saturated heterocycles. The molecule has 0 nitrogen and oxygen atoms in total. The predicted molar refractivity (Wildman–Crippen MR) is 108 cm³/mol. The first kappa shape index (κ1) is 18.0. The van der Waals surface area contributed by atoms with E-state index in [0.29, 0.717) is 5.41 Å². The third kappa shape index (κ3) is 2.88. The molecule has 26 heavy (non-hydrogen) atoms. The van der Waals surface area contributed by atoms with E-state index in [1.165, 1.54) is 37.7 Å². The van der Waals surface area contributed by atoms with Crippen molar-refractivity contribution in [3.63, 3.8) is 0 Å². The first-order valence-electron chi connectivity index (χ1n) is 10.6. The molecule has 2 bridgehead atoms. The number of rotatable bonds is 5. The zero-order valence-corrected chi connectivity index (χ0v) is 16.4. The monoisotopic (exact) mass is 352 g/mol. The molecule has 0 heterocycles. The number of unbranched alkanes of at least 4 members (excludes halogenated alkanes) is 1. The third-order valence-electron chi connectivity index (χ3n) is 7.80. The van der Waals surface area contributed by atoms with Gasteiger partial charge in [0.1, 0.15) is 5.67 Å². The summed E-state index contributed by atoms with van der Waals surface area (Å²) in [6.07, 6.45) is 18.3. The second kappa shape index (κ2) is 6.66. The molecular weight excluding hydrogens is 319 g/mol. The zero-order valence-electron chi connectivity index (χ0n) is 16.4. The Kier molecular flexibility index (Phi) is 4.61. The summed E-state index contributed by atoms with van der Waals surface area (Å²) in [5, 5.41) is 0. The van der Waals surface area contributed by atoms with Crippen molar-refractivity contribution in [1.29, 1.82) is 0 Å². The van der Waals surface area contributed by atoms with E-state index in [-0.39, 0.29) is 11.3 Å². The maximum atomic E-state index is 16.8. The predicted octanol–water partition coefficient (Wildman–Crippen LogP) is 7.31. The molecule has 1 aromatic rings. The lowest BCUT2D eigenvalue weighted by Crippen LogP contribution is -2.54. The highest BCUT2D eigenvalue weighted by atomic mass is 19.1. The van der Waals surface area contributed by atoms with Crippen LogP contribution >= 0.6 is 0 Å². The lowest BCUT2D eigenvalue weighted by Gasteiger charge is -2.58. The van der Waals surface area contributed by atoms with Crippen LogP contribution in [-0.4, -0.2) is 5.67 Å². The quantitative estimate of drug-likeness (QED) is 0.521. The molecule has 3 fully saturated rings. The van der Waals surface area contributed by atoms with Gasteiger partial charge in [-0.2, -0.15) is 0 Å². The minimum atomic E-state index is -1.24. The van der Waals surface area contributed by atoms with Crippen molar-refractivity contribution in [3.8, 4) is 0 Å². The molecule has 0 aromatic heterocycles. The van der Waals surface area contributed by atoms with Gasteiger partial charge in [-0.15, -0.1) is 0 Å². The van der Waals surface area contributed by atoms with Gasteiger partial charge in [0.25, 0.3) is 0 Å². The van der Waals surface area contributed by atoms with Crippen LogP contribution in [0.3, 0.4) is 0 Å². The van der Waals surface area contributed by atoms with Crippen LogP contribution in [0.15, 0.2) is 48.6 Å². The molecule has 2 atom stereocenters. The van der Waals surface area contributed by atoms with Gasteiger partial charge in [0, 0.05) is 11.3 Å². The van der Waals surface area contributed by atoms with Crippen molar-refractivity contribution >= 4 is 0 Å². The van der Waals surface area contributed by atoms with Crippen molar-refractivity contribution in [2.75, 3.05) is 0 Å². The van der Waals surface area contributed by atoms with Crippen LogP contribution in [0.25, 0.3) is 0 Å². The Morgan fingerprint density at radius 3 is 2.23 bits per heavy atom. The molecule has 4 aliphatic rings. The first-order valence-corrected chi connectivity index (χ1v) is 10.6. The molecule has 4 aliphatic carbocycles. The Morgan fingerprint density at radius 2 is 1.62 bits per heavy atom. The maximum Gasteiger partial charge on any atom is 0.145 e. The average Bonchev–Trinajstić information content (AvgIpc) is 2.68. The van der Waals surface area contributed by atoms with Gasteiger partial charge in [-0.3, -0.25) is 0 Å². The van der Waals surface area contributed by atoms with Gasteiger partial charge < -0.3 is 0 Å². The molecule has 2 unspecified atom stereocenters. The Morgan fingerprint density at radius 1 is 0.962 bits per heavy atom. The van der Waals surface area contributed by atoms with E-state index < -0.39 is 5.67 Å². The third-order valence-corrected chi connectivity index (χ3v) is 7.80. The highest BCUT2D eigenvalue weighted by molar-refractivity contribution is 5.39. The average molecular weight is 353 g/mol. The van der Waals surface area contributed by atoms with E-state index in [0.717, 1.165) is 31.2 Å². The number of allylic oxidation sites excluding steroid dienone is 4. The molecule has 1 aromatic carbocycles. The fourth-order valence-electron chi connectivity index (χ4n) is 5.70. The minimum Gasteiger partial charge on any atom is -0.238 e. The second-order valence-corrected chi connectivity index (χ2v) is 9.43. The Balaban J connectivity index is 1.63. The molecule has 140 valence electrons. The van der Waals surface area contributed by atoms with Crippen LogP contribution in [0.1, 0.15) is 82.3 Å². The van der Waals surface area contributed by atoms with E-state index in [1.807, 2.05) is 18.2 Å². The normalized spacial score (nSPS) is 38.7. The number of hydrogen-bond acceptors (Lipinski definition) is 0. The summed E-state index contributed by atoms with van der Waals surface area (Å²) < 4.78 is 16.8. The fourth-order valence-corrected chi connectivity index (χ4v) is 5.70. The van der Waals surface area contributed by atoms with Crippen LogP contribution < -0.4 is 0 Å². The van der Waals surface area contributed by atoms with E-state index >= 15 is 4.39 Å². The first-order chi connectivity index (χ1) is 12.5. The van der Waals surface area contributed by atoms with Crippen LogP contribution in [-0.2, 0) is 6.42 Å². The summed E-state index contributed by atoms with van der Waals surface area (Å²) in [4.78, 5) is 0. The number of fused-ring (bicyclic) bond motifs is 3. The van der Waals surface area contributed by atoms with Gasteiger partial charge >= 0.3 is 0 Å². The number of alkyl halides is 1. The lowest BCUT2D eigenvalue weighted by atomic mass is 9.47. The maximum absolute atomic E-state index is 16.8. The lowest BCUT2D eigenvalue weighted by molar-refractivity contribution is -0.0919. The summed E-state index contributed by atoms with van der Waals surface area (Å²) in [5.41, 5.74) is 1.58. The Labute approximate surface area is 158 Å². The number of halogens is 1. The van der Waals surface area contributed by atoms with Gasteiger partial charge in [-0.05, 0) is 74.0 Å².